The van der Waals surface area contributed by atoms with Crippen LogP contribution in [0.3, 0.4) is 0 Å². The molecule has 1 aliphatic rings. The number of fused-ring (bicyclic) bond motifs is 1. The number of hydrogen-bond acceptors (Lipinski definition) is 3. The summed E-state index contributed by atoms with van der Waals surface area (Å²) >= 11 is 0. The van der Waals surface area contributed by atoms with Gasteiger partial charge in [0.15, 0.2) is 0 Å². The largest absolute Gasteiger partial charge is 0.398 e. The highest BCUT2D eigenvalue weighted by Gasteiger charge is 2.18. The SMILES string of the molecule is CNC(=O)CCCN1CCCc2c(N)cccc21. The van der Waals surface area contributed by atoms with Gasteiger partial charge in [-0.1, -0.05) is 6.07 Å². The Balaban J connectivity index is 2.00. The quantitative estimate of drug-likeness (QED) is 0.794. The zero-order chi connectivity index (χ0) is 13.0. The summed E-state index contributed by atoms with van der Waals surface area (Å²) in [6.07, 6.45) is 3.67. The summed E-state index contributed by atoms with van der Waals surface area (Å²) in [5.74, 6) is 0.111. The first kappa shape index (κ1) is 12.7. The van der Waals surface area contributed by atoms with Crippen molar-refractivity contribution in [3.05, 3.63) is 23.8 Å². The van der Waals surface area contributed by atoms with Crippen LogP contribution in [0.5, 0.6) is 0 Å². The minimum absolute atomic E-state index is 0.111. The van der Waals surface area contributed by atoms with Crippen LogP contribution in [0.15, 0.2) is 18.2 Å². The van der Waals surface area contributed by atoms with E-state index in [9.17, 15) is 4.79 Å². The van der Waals surface area contributed by atoms with Crippen molar-refractivity contribution in [1.82, 2.24) is 5.32 Å². The van der Waals surface area contributed by atoms with Crippen molar-refractivity contribution >= 4 is 17.3 Å². The number of benzene rings is 1. The van der Waals surface area contributed by atoms with Crippen molar-refractivity contribution < 1.29 is 4.79 Å². The lowest BCUT2D eigenvalue weighted by atomic mass is 9.99. The Hall–Kier alpha value is -1.71. The highest BCUT2D eigenvalue weighted by atomic mass is 16.1. The molecular weight excluding hydrogens is 226 g/mol. The van der Waals surface area contributed by atoms with Gasteiger partial charge in [-0.3, -0.25) is 4.79 Å². The van der Waals surface area contributed by atoms with Crippen LogP contribution in [0.1, 0.15) is 24.8 Å². The summed E-state index contributed by atoms with van der Waals surface area (Å²) in [5.41, 5.74) is 9.42. The summed E-state index contributed by atoms with van der Waals surface area (Å²) in [6.45, 7) is 1.98. The number of amides is 1. The van der Waals surface area contributed by atoms with Gasteiger partial charge in [0.2, 0.25) is 5.91 Å². The average Bonchev–Trinajstić information content (AvgIpc) is 2.39. The highest BCUT2D eigenvalue weighted by molar-refractivity contribution is 5.75. The first-order chi connectivity index (χ1) is 8.72. The molecule has 1 amide bonds. The van der Waals surface area contributed by atoms with Crippen molar-refractivity contribution in [2.45, 2.75) is 25.7 Å². The first-order valence-corrected chi connectivity index (χ1v) is 6.55. The van der Waals surface area contributed by atoms with Gasteiger partial charge in [-0.15, -0.1) is 0 Å². The number of carbonyl (C=O) groups excluding carboxylic acids is 1. The van der Waals surface area contributed by atoms with Crippen molar-refractivity contribution in [2.24, 2.45) is 0 Å². The van der Waals surface area contributed by atoms with E-state index < -0.39 is 0 Å². The van der Waals surface area contributed by atoms with Gasteiger partial charge >= 0.3 is 0 Å². The fourth-order valence-electron chi connectivity index (χ4n) is 2.52. The molecule has 1 aliphatic heterocycles. The number of hydrogen-bond donors (Lipinski definition) is 2. The van der Waals surface area contributed by atoms with Crippen LogP contribution in [0, 0.1) is 0 Å². The second kappa shape index (κ2) is 5.76. The molecule has 0 radical (unpaired) electrons. The van der Waals surface area contributed by atoms with E-state index in [0.717, 1.165) is 38.0 Å². The molecule has 0 unspecified atom stereocenters. The lowest BCUT2D eigenvalue weighted by molar-refractivity contribution is -0.120. The minimum Gasteiger partial charge on any atom is -0.398 e. The van der Waals surface area contributed by atoms with Gasteiger partial charge in [0.05, 0.1) is 0 Å². The van der Waals surface area contributed by atoms with E-state index in [0.29, 0.717) is 6.42 Å². The lowest BCUT2D eigenvalue weighted by Crippen LogP contribution is -2.31. The molecule has 1 heterocycles. The van der Waals surface area contributed by atoms with Crippen molar-refractivity contribution in [2.75, 3.05) is 30.8 Å². The fourth-order valence-corrected chi connectivity index (χ4v) is 2.52. The molecule has 0 aliphatic carbocycles. The van der Waals surface area contributed by atoms with Gasteiger partial charge in [0, 0.05) is 37.9 Å². The standard InChI is InChI=1S/C14H21N3O/c1-16-14(18)8-4-10-17-9-3-5-11-12(15)6-2-7-13(11)17/h2,6-7H,3-5,8-10,15H2,1H3,(H,16,18). The Kier molecular flexibility index (Phi) is 4.07. The molecule has 3 N–H and O–H groups in total. The van der Waals surface area contributed by atoms with Crippen LogP contribution in [0.4, 0.5) is 11.4 Å². The molecule has 0 saturated carbocycles. The van der Waals surface area contributed by atoms with Gasteiger partial charge in [-0.05, 0) is 37.0 Å². The van der Waals surface area contributed by atoms with Gasteiger partial charge in [0.25, 0.3) is 0 Å². The Morgan fingerprint density at radius 1 is 1.50 bits per heavy atom. The van der Waals surface area contributed by atoms with Crippen LogP contribution in [-0.4, -0.2) is 26.0 Å². The highest BCUT2D eigenvalue weighted by Crippen LogP contribution is 2.31. The predicted molar refractivity (Wildman–Crippen MR) is 74.7 cm³/mol. The number of rotatable bonds is 4. The molecule has 0 spiro atoms. The molecule has 0 aromatic heterocycles. The third kappa shape index (κ3) is 2.75. The van der Waals surface area contributed by atoms with Gasteiger partial charge in [-0.25, -0.2) is 0 Å². The number of nitrogens with two attached hydrogens (primary N) is 1. The zero-order valence-electron chi connectivity index (χ0n) is 10.9. The first-order valence-electron chi connectivity index (χ1n) is 6.55. The monoisotopic (exact) mass is 247 g/mol. The Morgan fingerprint density at radius 3 is 3.11 bits per heavy atom. The third-order valence-corrected chi connectivity index (χ3v) is 3.49. The maximum Gasteiger partial charge on any atom is 0.219 e. The van der Waals surface area contributed by atoms with Gasteiger partial charge < -0.3 is 16.0 Å². The molecule has 1 aromatic carbocycles. The van der Waals surface area contributed by atoms with Crippen LogP contribution >= 0.6 is 0 Å². The molecule has 18 heavy (non-hydrogen) atoms. The fraction of sp³-hybridized carbons (Fsp3) is 0.500. The summed E-state index contributed by atoms with van der Waals surface area (Å²) in [5, 5.41) is 2.65. The second-order valence-corrected chi connectivity index (χ2v) is 4.71. The summed E-state index contributed by atoms with van der Waals surface area (Å²) in [7, 11) is 1.68. The molecule has 2 rings (SSSR count). The van der Waals surface area contributed by atoms with Crippen LogP contribution in [0.2, 0.25) is 0 Å². The molecule has 0 saturated heterocycles. The normalized spacial score (nSPS) is 14.2. The lowest BCUT2D eigenvalue weighted by Gasteiger charge is -2.32. The molecule has 0 bridgehead atoms. The summed E-state index contributed by atoms with van der Waals surface area (Å²) in [4.78, 5) is 13.5. The molecule has 1 aromatic rings. The van der Waals surface area contributed by atoms with Crippen LogP contribution in [0.25, 0.3) is 0 Å². The smallest absolute Gasteiger partial charge is 0.219 e. The van der Waals surface area contributed by atoms with E-state index in [1.165, 1.54) is 11.3 Å². The van der Waals surface area contributed by atoms with Gasteiger partial charge in [-0.2, -0.15) is 0 Å². The van der Waals surface area contributed by atoms with Gasteiger partial charge in [0.1, 0.15) is 0 Å². The molecule has 98 valence electrons. The molecule has 0 fully saturated rings. The van der Waals surface area contributed by atoms with E-state index in [1.54, 1.807) is 7.05 Å². The number of nitrogens with zero attached hydrogens (tertiary/aromatic N) is 1. The molecule has 0 atom stereocenters. The van der Waals surface area contributed by atoms with Crippen molar-refractivity contribution in [1.29, 1.82) is 0 Å². The maximum atomic E-state index is 11.2. The number of nitrogens with one attached hydrogen (secondary N) is 1. The van der Waals surface area contributed by atoms with E-state index in [4.69, 9.17) is 5.73 Å². The summed E-state index contributed by atoms with van der Waals surface area (Å²) in [6, 6.07) is 6.10. The molecular formula is C14H21N3O. The number of anilines is 2. The van der Waals surface area contributed by atoms with E-state index in [1.807, 2.05) is 12.1 Å². The topological polar surface area (TPSA) is 58.4 Å². The van der Waals surface area contributed by atoms with Crippen LogP contribution < -0.4 is 16.0 Å². The average molecular weight is 247 g/mol. The van der Waals surface area contributed by atoms with E-state index >= 15 is 0 Å². The predicted octanol–water partition coefficient (Wildman–Crippen LogP) is 1.55. The van der Waals surface area contributed by atoms with Crippen molar-refractivity contribution in [3.63, 3.8) is 0 Å². The second-order valence-electron chi connectivity index (χ2n) is 4.71. The number of carbonyl (C=O) groups is 1. The summed E-state index contributed by atoms with van der Waals surface area (Å²) < 4.78 is 0. The van der Waals surface area contributed by atoms with Crippen molar-refractivity contribution in [3.8, 4) is 0 Å². The van der Waals surface area contributed by atoms with E-state index in [-0.39, 0.29) is 5.91 Å². The maximum absolute atomic E-state index is 11.2. The van der Waals surface area contributed by atoms with E-state index in [2.05, 4.69) is 16.3 Å². The Bertz CT molecular complexity index is 431. The number of nitrogen functional groups attached to an aromatic ring is 1. The molecule has 4 nitrogen and oxygen atoms in total. The third-order valence-electron chi connectivity index (χ3n) is 3.49. The zero-order valence-corrected chi connectivity index (χ0v) is 10.9. The Morgan fingerprint density at radius 2 is 2.33 bits per heavy atom. The Labute approximate surface area is 108 Å². The van der Waals surface area contributed by atoms with Crippen LogP contribution in [-0.2, 0) is 11.2 Å². The molecule has 4 heteroatoms. The minimum atomic E-state index is 0.111.